The number of hydrogen-bond acceptors (Lipinski definition) is 4. The molecule has 0 unspecified atom stereocenters. The van der Waals surface area contributed by atoms with E-state index in [-0.39, 0.29) is 0 Å². The van der Waals surface area contributed by atoms with Gasteiger partial charge in [0.1, 0.15) is 5.75 Å². The molecule has 0 fully saturated rings. The van der Waals surface area contributed by atoms with Gasteiger partial charge >= 0.3 is 7.37 Å². The molecule has 0 amide bonds. The van der Waals surface area contributed by atoms with Crippen LogP contribution in [0, 0.1) is 0 Å². The van der Waals surface area contributed by atoms with E-state index in [9.17, 15) is 4.57 Å². The molecule has 0 saturated carbocycles. The smallest absolute Gasteiger partial charge is 0.306 e. The van der Waals surface area contributed by atoms with Gasteiger partial charge in [-0.25, -0.2) is 4.98 Å². The van der Waals surface area contributed by atoms with Crippen molar-refractivity contribution in [3.8, 4) is 5.75 Å². The molecular weight excluding hydrogens is 337 g/mol. The summed E-state index contributed by atoms with van der Waals surface area (Å²) < 4.78 is 21.0. The van der Waals surface area contributed by atoms with Gasteiger partial charge in [0.15, 0.2) is 0 Å². The molecule has 5 heteroatoms. The molecule has 4 aromatic rings. The first kappa shape index (κ1) is 15.1. The standard InChI is InChI=1S/C19H14NO2PS/c21-23(16-7-3-1-4-8-16,17-9-5-2-6-10-17)22-15-11-12-19-18(13-15)20-14-24-19/h1-14H. The summed E-state index contributed by atoms with van der Waals surface area (Å²) in [5.74, 6) is 0.560. The van der Waals surface area contributed by atoms with Crippen LogP contribution in [0.2, 0.25) is 0 Å². The molecule has 24 heavy (non-hydrogen) atoms. The Labute approximate surface area is 144 Å². The molecule has 0 radical (unpaired) electrons. The number of fused-ring (bicyclic) bond motifs is 1. The maximum Gasteiger partial charge on any atom is 0.306 e. The van der Waals surface area contributed by atoms with Gasteiger partial charge in [-0.15, -0.1) is 11.3 Å². The van der Waals surface area contributed by atoms with Gasteiger partial charge in [-0.2, -0.15) is 0 Å². The molecule has 4 rings (SSSR count). The van der Waals surface area contributed by atoms with Crippen LogP contribution in [-0.4, -0.2) is 4.98 Å². The van der Waals surface area contributed by atoms with Crippen molar-refractivity contribution in [3.63, 3.8) is 0 Å². The second kappa shape index (κ2) is 6.23. The van der Waals surface area contributed by atoms with E-state index in [1.165, 1.54) is 0 Å². The quantitative estimate of drug-likeness (QED) is 0.504. The predicted octanol–water partition coefficient (Wildman–Crippen LogP) is 4.60. The third-order valence-corrected chi connectivity index (χ3v) is 6.96. The normalized spacial score (nSPS) is 11.5. The highest BCUT2D eigenvalue weighted by Gasteiger charge is 2.30. The first-order chi connectivity index (χ1) is 11.8. The van der Waals surface area contributed by atoms with E-state index in [2.05, 4.69) is 4.98 Å². The van der Waals surface area contributed by atoms with E-state index in [4.69, 9.17) is 4.52 Å². The lowest BCUT2D eigenvalue weighted by molar-refractivity contribution is 0.503. The monoisotopic (exact) mass is 351 g/mol. The van der Waals surface area contributed by atoms with Gasteiger partial charge in [-0.1, -0.05) is 36.4 Å². The largest absolute Gasteiger partial charge is 0.437 e. The Hall–Kier alpha value is -2.42. The SMILES string of the molecule is O=P(Oc1ccc2scnc2c1)(c1ccccc1)c1ccccc1. The van der Waals surface area contributed by atoms with E-state index in [1.807, 2.05) is 78.9 Å². The number of thiazole rings is 1. The second-order valence-corrected chi connectivity index (χ2v) is 8.50. The maximum atomic E-state index is 13.8. The summed E-state index contributed by atoms with van der Waals surface area (Å²) in [6, 6.07) is 24.3. The molecule has 0 spiro atoms. The van der Waals surface area contributed by atoms with Gasteiger partial charge in [0.05, 0.1) is 26.3 Å². The van der Waals surface area contributed by atoms with Crippen LogP contribution in [-0.2, 0) is 4.57 Å². The molecule has 1 heterocycles. The molecule has 0 aliphatic heterocycles. The van der Waals surface area contributed by atoms with Crippen molar-refractivity contribution in [2.75, 3.05) is 0 Å². The zero-order valence-corrected chi connectivity index (χ0v) is 14.4. The summed E-state index contributed by atoms with van der Waals surface area (Å²) in [4.78, 5) is 4.30. The highest BCUT2D eigenvalue weighted by Crippen LogP contribution is 2.45. The van der Waals surface area contributed by atoms with E-state index >= 15 is 0 Å². The molecule has 0 atom stereocenters. The summed E-state index contributed by atoms with van der Waals surface area (Å²) in [5, 5.41) is 1.35. The highest BCUT2D eigenvalue weighted by molar-refractivity contribution is 7.74. The minimum absolute atomic E-state index is 0.560. The third kappa shape index (κ3) is 2.75. The van der Waals surface area contributed by atoms with Crippen molar-refractivity contribution in [3.05, 3.63) is 84.4 Å². The van der Waals surface area contributed by atoms with Gasteiger partial charge in [0.2, 0.25) is 0 Å². The zero-order valence-electron chi connectivity index (χ0n) is 12.7. The van der Waals surface area contributed by atoms with Gasteiger partial charge in [0.25, 0.3) is 0 Å². The van der Waals surface area contributed by atoms with Crippen molar-refractivity contribution < 1.29 is 9.09 Å². The average molecular weight is 351 g/mol. The molecule has 0 aliphatic rings. The summed E-state index contributed by atoms with van der Waals surface area (Å²) in [6.45, 7) is 0. The van der Waals surface area contributed by atoms with Crippen LogP contribution in [0.15, 0.2) is 84.4 Å². The number of hydrogen-bond donors (Lipinski definition) is 0. The van der Waals surface area contributed by atoms with Gasteiger partial charge in [-0.05, 0) is 36.4 Å². The van der Waals surface area contributed by atoms with Crippen LogP contribution in [0.1, 0.15) is 0 Å². The van der Waals surface area contributed by atoms with Crippen LogP contribution in [0.3, 0.4) is 0 Å². The van der Waals surface area contributed by atoms with Crippen LogP contribution in [0.5, 0.6) is 5.75 Å². The van der Waals surface area contributed by atoms with Crippen LogP contribution >= 0.6 is 18.7 Å². The van der Waals surface area contributed by atoms with Crippen molar-refractivity contribution in [1.29, 1.82) is 0 Å². The number of nitrogens with zero attached hydrogens (tertiary/aromatic N) is 1. The minimum atomic E-state index is -3.23. The molecule has 0 N–H and O–H groups in total. The fourth-order valence-corrected chi connectivity index (χ4v) is 5.25. The Morgan fingerprint density at radius 2 is 1.46 bits per heavy atom. The Kier molecular flexibility index (Phi) is 3.93. The summed E-state index contributed by atoms with van der Waals surface area (Å²) >= 11 is 1.57. The fraction of sp³-hybridized carbons (Fsp3) is 0. The van der Waals surface area contributed by atoms with Crippen molar-refractivity contribution in [2.24, 2.45) is 0 Å². The molecule has 3 nitrogen and oxygen atoms in total. The van der Waals surface area contributed by atoms with E-state index in [0.29, 0.717) is 16.4 Å². The third-order valence-electron chi connectivity index (χ3n) is 3.73. The Balaban J connectivity index is 1.82. The average Bonchev–Trinajstić information content (AvgIpc) is 3.11. The highest BCUT2D eigenvalue weighted by atomic mass is 32.1. The maximum absolute atomic E-state index is 13.8. The summed E-state index contributed by atoms with van der Waals surface area (Å²) in [5.41, 5.74) is 2.65. The molecule has 0 bridgehead atoms. The lowest BCUT2D eigenvalue weighted by atomic mass is 10.3. The first-order valence-corrected chi connectivity index (χ1v) is 10.0. The van der Waals surface area contributed by atoms with Crippen molar-refractivity contribution in [1.82, 2.24) is 4.98 Å². The zero-order chi connectivity index (χ0) is 16.4. The van der Waals surface area contributed by atoms with E-state index < -0.39 is 7.37 Å². The van der Waals surface area contributed by atoms with E-state index in [1.54, 1.807) is 16.8 Å². The number of rotatable bonds is 4. The van der Waals surface area contributed by atoms with Crippen molar-refractivity contribution in [2.45, 2.75) is 0 Å². The molecule has 0 saturated heterocycles. The second-order valence-electron chi connectivity index (χ2n) is 5.30. The fourth-order valence-electron chi connectivity index (χ4n) is 2.55. The molecular formula is C19H14NO2PS. The van der Waals surface area contributed by atoms with Crippen molar-refractivity contribution >= 4 is 39.5 Å². The summed E-state index contributed by atoms with van der Waals surface area (Å²) in [7, 11) is -3.23. The lowest BCUT2D eigenvalue weighted by Gasteiger charge is -2.20. The Morgan fingerprint density at radius 3 is 2.08 bits per heavy atom. The van der Waals surface area contributed by atoms with E-state index in [0.717, 1.165) is 10.2 Å². The Morgan fingerprint density at radius 1 is 0.833 bits per heavy atom. The van der Waals surface area contributed by atoms with Crippen LogP contribution in [0.25, 0.3) is 10.2 Å². The van der Waals surface area contributed by atoms with Gasteiger partial charge in [-0.3, -0.25) is 4.57 Å². The molecule has 3 aromatic carbocycles. The minimum Gasteiger partial charge on any atom is -0.437 e. The first-order valence-electron chi connectivity index (χ1n) is 7.50. The Bertz CT molecular complexity index is 972. The number of aromatic nitrogens is 1. The van der Waals surface area contributed by atoms with Crippen LogP contribution < -0.4 is 15.1 Å². The molecule has 1 aromatic heterocycles. The van der Waals surface area contributed by atoms with Gasteiger partial charge < -0.3 is 4.52 Å². The molecule has 118 valence electrons. The summed E-state index contributed by atoms with van der Waals surface area (Å²) in [6.07, 6.45) is 0. The topological polar surface area (TPSA) is 39.2 Å². The molecule has 0 aliphatic carbocycles. The van der Waals surface area contributed by atoms with Gasteiger partial charge in [0, 0.05) is 6.07 Å². The predicted molar refractivity (Wildman–Crippen MR) is 100 cm³/mol. The van der Waals surface area contributed by atoms with Crippen LogP contribution in [0.4, 0.5) is 0 Å². The lowest BCUT2D eigenvalue weighted by Crippen LogP contribution is -2.19. The number of benzene rings is 3.